The molecule has 0 spiro atoms. The van der Waals surface area contributed by atoms with Gasteiger partial charge in [-0.1, -0.05) is 36.4 Å². The van der Waals surface area contributed by atoms with Crippen LogP contribution in [0.15, 0.2) is 48.5 Å². The molecule has 2 aromatic carbocycles. The molecular formula is C20H23N3O3. The van der Waals surface area contributed by atoms with Gasteiger partial charge in [-0.3, -0.25) is 0 Å². The fourth-order valence-corrected chi connectivity index (χ4v) is 2.74. The Bertz CT molecular complexity index is 861. The molecular weight excluding hydrogens is 330 g/mol. The number of rotatable bonds is 7. The van der Waals surface area contributed by atoms with Crippen LogP contribution < -0.4 is 4.74 Å². The molecule has 0 aliphatic heterocycles. The third-order valence-corrected chi connectivity index (χ3v) is 4.17. The number of amides is 1. The Labute approximate surface area is 152 Å². The fraction of sp³-hybridized carbons (Fsp3) is 0.300. The Morgan fingerprint density at radius 1 is 1.15 bits per heavy atom. The van der Waals surface area contributed by atoms with Crippen molar-refractivity contribution in [3.8, 4) is 5.75 Å². The standard InChI is InChI=1S/C20H23N3O3/c1-23(20(24)26-14-15-8-4-3-5-9-15)13-7-12-18-21-16-10-6-11-17(25-2)19(16)22-18/h3-6,8-11H,7,12-14H2,1-2H3,(H,21,22). The van der Waals surface area contributed by atoms with Crippen molar-refractivity contribution in [1.82, 2.24) is 14.9 Å². The Morgan fingerprint density at radius 2 is 1.96 bits per heavy atom. The molecule has 0 bridgehead atoms. The van der Waals surface area contributed by atoms with E-state index in [2.05, 4.69) is 9.97 Å². The third-order valence-electron chi connectivity index (χ3n) is 4.17. The molecule has 1 heterocycles. The highest BCUT2D eigenvalue weighted by atomic mass is 16.6. The summed E-state index contributed by atoms with van der Waals surface area (Å²) in [5.41, 5.74) is 2.76. The summed E-state index contributed by atoms with van der Waals surface area (Å²) in [4.78, 5) is 21.5. The number of aromatic amines is 1. The van der Waals surface area contributed by atoms with E-state index in [1.54, 1.807) is 19.1 Å². The Balaban J connectivity index is 1.47. The third kappa shape index (κ3) is 4.33. The Morgan fingerprint density at radius 3 is 2.73 bits per heavy atom. The first kappa shape index (κ1) is 17.8. The largest absolute Gasteiger partial charge is 0.494 e. The van der Waals surface area contributed by atoms with Crippen LogP contribution in [-0.4, -0.2) is 41.7 Å². The fourth-order valence-electron chi connectivity index (χ4n) is 2.74. The molecule has 6 nitrogen and oxygen atoms in total. The molecule has 0 fully saturated rings. The van der Waals surface area contributed by atoms with Crippen molar-refractivity contribution in [2.45, 2.75) is 19.4 Å². The molecule has 0 saturated carbocycles. The SMILES string of the molecule is COc1cccc2[nH]c(CCCN(C)C(=O)OCc3ccccc3)nc12. The van der Waals surface area contributed by atoms with E-state index in [1.165, 1.54) is 0 Å². The van der Waals surface area contributed by atoms with Crippen LogP contribution in [0.1, 0.15) is 17.8 Å². The van der Waals surface area contributed by atoms with E-state index in [1.807, 2.05) is 48.5 Å². The predicted octanol–water partition coefficient (Wildman–Crippen LogP) is 3.77. The number of methoxy groups -OCH3 is 1. The van der Waals surface area contributed by atoms with Gasteiger partial charge >= 0.3 is 6.09 Å². The molecule has 1 aromatic heterocycles. The Kier molecular flexibility index (Phi) is 5.73. The highest BCUT2D eigenvalue weighted by molar-refractivity contribution is 5.81. The summed E-state index contributed by atoms with van der Waals surface area (Å²) in [5.74, 6) is 1.64. The van der Waals surface area contributed by atoms with Gasteiger partial charge in [-0.2, -0.15) is 0 Å². The van der Waals surface area contributed by atoms with Crippen LogP contribution in [-0.2, 0) is 17.8 Å². The van der Waals surface area contributed by atoms with Gasteiger partial charge in [0.2, 0.25) is 0 Å². The molecule has 1 N–H and O–H groups in total. The second-order valence-corrected chi connectivity index (χ2v) is 6.11. The number of nitrogens with zero attached hydrogens (tertiary/aromatic N) is 2. The van der Waals surface area contributed by atoms with E-state index < -0.39 is 0 Å². The minimum atomic E-state index is -0.319. The number of hydrogen-bond acceptors (Lipinski definition) is 4. The van der Waals surface area contributed by atoms with E-state index in [9.17, 15) is 4.79 Å². The van der Waals surface area contributed by atoms with Gasteiger partial charge in [0.1, 0.15) is 23.7 Å². The van der Waals surface area contributed by atoms with Gasteiger partial charge in [-0.05, 0) is 24.1 Å². The monoisotopic (exact) mass is 353 g/mol. The van der Waals surface area contributed by atoms with Crippen molar-refractivity contribution in [1.29, 1.82) is 0 Å². The van der Waals surface area contributed by atoms with Gasteiger partial charge in [0.05, 0.1) is 12.6 Å². The van der Waals surface area contributed by atoms with Gasteiger partial charge in [0, 0.05) is 20.0 Å². The van der Waals surface area contributed by atoms with Crippen molar-refractivity contribution in [2.24, 2.45) is 0 Å². The molecule has 0 radical (unpaired) electrons. The van der Waals surface area contributed by atoms with Gasteiger partial charge in [-0.15, -0.1) is 0 Å². The molecule has 0 aliphatic carbocycles. The second-order valence-electron chi connectivity index (χ2n) is 6.11. The van der Waals surface area contributed by atoms with Crippen molar-refractivity contribution < 1.29 is 14.3 Å². The molecule has 0 unspecified atom stereocenters. The first-order chi connectivity index (χ1) is 12.7. The van der Waals surface area contributed by atoms with Crippen LogP contribution in [0.5, 0.6) is 5.75 Å². The summed E-state index contributed by atoms with van der Waals surface area (Å²) in [6.45, 7) is 0.884. The van der Waals surface area contributed by atoms with Gasteiger partial charge in [-0.25, -0.2) is 9.78 Å². The number of benzene rings is 2. The summed E-state index contributed by atoms with van der Waals surface area (Å²) < 4.78 is 10.6. The maximum Gasteiger partial charge on any atom is 0.409 e. The minimum Gasteiger partial charge on any atom is -0.494 e. The van der Waals surface area contributed by atoms with Gasteiger partial charge < -0.3 is 19.4 Å². The number of fused-ring (bicyclic) bond motifs is 1. The zero-order chi connectivity index (χ0) is 18.4. The summed E-state index contributed by atoms with van der Waals surface area (Å²) in [5, 5.41) is 0. The highest BCUT2D eigenvalue weighted by Gasteiger charge is 2.11. The number of H-pyrrole nitrogens is 1. The normalized spacial score (nSPS) is 10.7. The van der Waals surface area contributed by atoms with Crippen LogP contribution >= 0.6 is 0 Å². The van der Waals surface area contributed by atoms with Crippen molar-refractivity contribution in [3.63, 3.8) is 0 Å². The number of imidazole rings is 1. The van der Waals surface area contributed by atoms with Crippen molar-refractivity contribution in [2.75, 3.05) is 20.7 Å². The quantitative estimate of drug-likeness (QED) is 0.702. The Hall–Kier alpha value is -3.02. The maximum atomic E-state index is 12.0. The zero-order valence-corrected chi connectivity index (χ0v) is 15.1. The van der Waals surface area contributed by atoms with E-state index in [0.29, 0.717) is 6.54 Å². The molecule has 3 rings (SSSR count). The molecule has 26 heavy (non-hydrogen) atoms. The lowest BCUT2D eigenvalue weighted by Crippen LogP contribution is -2.28. The topological polar surface area (TPSA) is 67.5 Å². The average Bonchev–Trinajstić information content (AvgIpc) is 3.09. The molecule has 0 atom stereocenters. The molecule has 0 aliphatic rings. The van der Waals surface area contributed by atoms with Crippen LogP contribution in [0.2, 0.25) is 0 Å². The number of para-hydroxylation sites is 1. The molecule has 1 amide bonds. The van der Waals surface area contributed by atoms with Crippen molar-refractivity contribution in [3.05, 3.63) is 59.9 Å². The lowest BCUT2D eigenvalue weighted by atomic mass is 10.2. The first-order valence-corrected chi connectivity index (χ1v) is 8.61. The van der Waals surface area contributed by atoms with E-state index >= 15 is 0 Å². The summed E-state index contributed by atoms with van der Waals surface area (Å²) >= 11 is 0. The average molecular weight is 353 g/mol. The van der Waals surface area contributed by atoms with Gasteiger partial charge in [0.25, 0.3) is 0 Å². The number of carbonyl (C=O) groups is 1. The van der Waals surface area contributed by atoms with Crippen LogP contribution in [0, 0.1) is 0 Å². The number of carbonyl (C=O) groups excluding carboxylic acids is 1. The van der Waals surface area contributed by atoms with E-state index in [0.717, 1.165) is 41.0 Å². The summed E-state index contributed by atoms with van der Waals surface area (Å²) in [7, 11) is 3.38. The maximum absolute atomic E-state index is 12.0. The minimum absolute atomic E-state index is 0.285. The first-order valence-electron chi connectivity index (χ1n) is 8.61. The van der Waals surface area contributed by atoms with Gasteiger partial charge in [0.15, 0.2) is 0 Å². The van der Waals surface area contributed by atoms with Crippen LogP contribution in [0.4, 0.5) is 4.79 Å². The highest BCUT2D eigenvalue weighted by Crippen LogP contribution is 2.23. The predicted molar refractivity (Wildman–Crippen MR) is 100 cm³/mol. The summed E-state index contributed by atoms with van der Waals surface area (Å²) in [6.07, 6.45) is 1.22. The van der Waals surface area contributed by atoms with Crippen LogP contribution in [0.25, 0.3) is 11.0 Å². The zero-order valence-electron chi connectivity index (χ0n) is 15.1. The number of ether oxygens (including phenoxy) is 2. The lowest BCUT2D eigenvalue weighted by Gasteiger charge is -2.16. The molecule has 6 heteroatoms. The number of aromatic nitrogens is 2. The smallest absolute Gasteiger partial charge is 0.409 e. The van der Waals surface area contributed by atoms with Crippen LogP contribution in [0.3, 0.4) is 0 Å². The molecule has 136 valence electrons. The van der Waals surface area contributed by atoms with E-state index in [4.69, 9.17) is 9.47 Å². The molecule has 3 aromatic rings. The van der Waals surface area contributed by atoms with Crippen molar-refractivity contribution >= 4 is 17.1 Å². The number of hydrogen-bond donors (Lipinski definition) is 1. The number of aryl methyl sites for hydroxylation is 1. The number of nitrogens with one attached hydrogen (secondary N) is 1. The molecule has 0 saturated heterocycles. The summed E-state index contributed by atoms with van der Waals surface area (Å²) in [6, 6.07) is 15.5. The second kappa shape index (κ2) is 8.38. The lowest BCUT2D eigenvalue weighted by molar-refractivity contribution is 0.104. The van der Waals surface area contributed by atoms with E-state index in [-0.39, 0.29) is 12.7 Å².